The summed E-state index contributed by atoms with van der Waals surface area (Å²) in [5.41, 5.74) is 14.1. The minimum absolute atomic E-state index is 0.0160. The number of hydrogen-bond donors (Lipinski definition) is 5. The SMILES string of the molecule is CN[C@H](Cc1ccc(-c2ccccc2)cc1)C(=O)N[C@H](CCCN=C(N)N)C(=O)NCCCC(C)C. The van der Waals surface area contributed by atoms with Gasteiger partial charge < -0.3 is 27.4 Å². The molecule has 8 heteroatoms. The van der Waals surface area contributed by atoms with E-state index in [-0.39, 0.29) is 17.8 Å². The van der Waals surface area contributed by atoms with E-state index in [9.17, 15) is 9.59 Å². The Bertz CT molecular complexity index is 956. The van der Waals surface area contributed by atoms with Crippen molar-refractivity contribution in [3.63, 3.8) is 0 Å². The zero-order chi connectivity index (χ0) is 26.3. The lowest BCUT2D eigenvalue weighted by Crippen LogP contribution is -2.53. The Labute approximate surface area is 215 Å². The van der Waals surface area contributed by atoms with E-state index >= 15 is 0 Å². The van der Waals surface area contributed by atoms with Crippen molar-refractivity contribution >= 4 is 17.8 Å². The first-order chi connectivity index (χ1) is 17.3. The van der Waals surface area contributed by atoms with E-state index in [4.69, 9.17) is 11.5 Å². The van der Waals surface area contributed by atoms with Gasteiger partial charge in [-0.25, -0.2) is 0 Å². The third kappa shape index (κ3) is 10.5. The molecule has 2 aromatic rings. The van der Waals surface area contributed by atoms with Crippen molar-refractivity contribution in [2.45, 2.75) is 58.0 Å². The molecule has 0 aliphatic carbocycles. The minimum Gasteiger partial charge on any atom is -0.370 e. The Morgan fingerprint density at radius 2 is 1.53 bits per heavy atom. The van der Waals surface area contributed by atoms with Crippen molar-refractivity contribution in [1.82, 2.24) is 16.0 Å². The van der Waals surface area contributed by atoms with Crippen LogP contribution in [0.5, 0.6) is 0 Å². The van der Waals surface area contributed by atoms with Gasteiger partial charge in [-0.15, -0.1) is 0 Å². The first-order valence-corrected chi connectivity index (χ1v) is 12.7. The molecule has 2 aromatic carbocycles. The van der Waals surface area contributed by atoms with Gasteiger partial charge >= 0.3 is 0 Å². The number of amides is 2. The van der Waals surface area contributed by atoms with E-state index in [1.54, 1.807) is 7.05 Å². The van der Waals surface area contributed by atoms with Gasteiger partial charge in [0.05, 0.1) is 6.04 Å². The Kier molecular flexibility index (Phi) is 12.5. The molecule has 0 spiro atoms. The quantitative estimate of drug-likeness (QED) is 0.147. The van der Waals surface area contributed by atoms with Crippen molar-refractivity contribution in [2.24, 2.45) is 22.4 Å². The van der Waals surface area contributed by atoms with Gasteiger partial charge in [0.2, 0.25) is 11.8 Å². The number of nitrogens with one attached hydrogen (secondary N) is 3. The number of nitrogens with two attached hydrogens (primary N) is 2. The van der Waals surface area contributed by atoms with Crippen LogP contribution in [0.2, 0.25) is 0 Å². The molecule has 0 aliphatic rings. The van der Waals surface area contributed by atoms with Gasteiger partial charge in [-0.05, 0) is 61.8 Å². The van der Waals surface area contributed by atoms with Gasteiger partial charge in [0.15, 0.2) is 5.96 Å². The number of hydrogen-bond acceptors (Lipinski definition) is 4. The third-order valence-corrected chi connectivity index (χ3v) is 6.00. The maximum Gasteiger partial charge on any atom is 0.242 e. The summed E-state index contributed by atoms with van der Waals surface area (Å²) < 4.78 is 0. The average molecular weight is 495 g/mol. The number of aliphatic imine (C=N–C) groups is 1. The van der Waals surface area contributed by atoms with Crippen LogP contribution in [0, 0.1) is 5.92 Å². The first-order valence-electron chi connectivity index (χ1n) is 12.7. The van der Waals surface area contributed by atoms with E-state index in [1.807, 2.05) is 30.3 Å². The molecule has 2 amide bonds. The number of benzene rings is 2. The Balaban J connectivity index is 1.99. The molecule has 0 unspecified atom stereocenters. The number of nitrogens with zero attached hydrogens (tertiary/aromatic N) is 1. The third-order valence-electron chi connectivity index (χ3n) is 6.00. The zero-order valence-corrected chi connectivity index (χ0v) is 21.8. The molecular formula is C28H42N6O2. The van der Waals surface area contributed by atoms with Crippen LogP contribution in [0.15, 0.2) is 59.6 Å². The lowest BCUT2D eigenvalue weighted by atomic mass is 10.00. The predicted molar refractivity (Wildman–Crippen MR) is 147 cm³/mol. The van der Waals surface area contributed by atoms with Gasteiger partial charge in [0.25, 0.3) is 0 Å². The second-order valence-corrected chi connectivity index (χ2v) is 9.45. The van der Waals surface area contributed by atoms with Gasteiger partial charge in [-0.3, -0.25) is 14.6 Å². The van der Waals surface area contributed by atoms with Crippen LogP contribution in [0.1, 0.15) is 45.1 Å². The number of guanidine groups is 1. The topological polar surface area (TPSA) is 135 Å². The monoisotopic (exact) mass is 494 g/mol. The second-order valence-electron chi connectivity index (χ2n) is 9.45. The Morgan fingerprint density at radius 1 is 0.861 bits per heavy atom. The molecule has 2 rings (SSSR count). The maximum atomic E-state index is 13.1. The highest BCUT2D eigenvalue weighted by atomic mass is 16.2. The van der Waals surface area contributed by atoms with E-state index in [2.05, 4.69) is 59.1 Å². The predicted octanol–water partition coefficient (Wildman–Crippen LogP) is 2.57. The smallest absolute Gasteiger partial charge is 0.242 e. The molecule has 0 aromatic heterocycles. The molecule has 196 valence electrons. The largest absolute Gasteiger partial charge is 0.370 e. The van der Waals surface area contributed by atoms with Gasteiger partial charge in [0.1, 0.15) is 6.04 Å². The van der Waals surface area contributed by atoms with E-state index in [1.165, 1.54) is 0 Å². The summed E-state index contributed by atoms with van der Waals surface area (Å²) in [6, 6.07) is 17.2. The van der Waals surface area contributed by atoms with Gasteiger partial charge in [-0.2, -0.15) is 0 Å². The van der Waals surface area contributed by atoms with Crippen LogP contribution < -0.4 is 27.4 Å². The molecule has 0 radical (unpaired) electrons. The lowest BCUT2D eigenvalue weighted by Gasteiger charge is -2.22. The van der Waals surface area contributed by atoms with E-state index < -0.39 is 12.1 Å². The van der Waals surface area contributed by atoms with Crippen LogP contribution >= 0.6 is 0 Å². The Hall–Kier alpha value is -3.39. The Morgan fingerprint density at radius 3 is 2.14 bits per heavy atom. The highest BCUT2D eigenvalue weighted by Crippen LogP contribution is 2.19. The zero-order valence-electron chi connectivity index (χ0n) is 21.8. The lowest BCUT2D eigenvalue weighted by molar-refractivity contribution is -0.130. The molecular weight excluding hydrogens is 452 g/mol. The standard InChI is InChI=1S/C28H42N6O2/c1-20(2)9-7-17-32-26(35)24(12-8-18-33-28(29)30)34-27(36)25(31-3)19-21-13-15-23(16-14-21)22-10-5-4-6-11-22/h4-6,10-11,13-16,20,24-25,31H,7-9,12,17-19H2,1-3H3,(H,32,35)(H,34,36)(H4,29,30,33)/t24-,25-/m1/s1. The van der Waals surface area contributed by atoms with Gasteiger partial charge in [-0.1, -0.05) is 68.4 Å². The fraction of sp³-hybridized carbons (Fsp3) is 0.464. The summed E-state index contributed by atoms with van der Waals surface area (Å²) in [6.45, 7) is 5.29. The number of carbonyl (C=O) groups is 2. The van der Waals surface area contributed by atoms with Crippen molar-refractivity contribution in [2.75, 3.05) is 20.1 Å². The van der Waals surface area contributed by atoms with Crippen molar-refractivity contribution in [3.8, 4) is 11.1 Å². The van der Waals surface area contributed by atoms with Crippen molar-refractivity contribution < 1.29 is 9.59 Å². The molecule has 7 N–H and O–H groups in total. The van der Waals surface area contributed by atoms with E-state index in [0.717, 1.165) is 29.5 Å². The van der Waals surface area contributed by atoms with Crippen LogP contribution in [0.25, 0.3) is 11.1 Å². The first kappa shape index (κ1) is 28.8. The molecule has 0 heterocycles. The van der Waals surface area contributed by atoms with Crippen molar-refractivity contribution in [3.05, 3.63) is 60.2 Å². The molecule has 36 heavy (non-hydrogen) atoms. The molecule has 0 bridgehead atoms. The molecule has 8 nitrogen and oxygen atoms in total. The summed E-state index contributed by atoms with van der Waals surface area (Å²) in [6.07, 6.45) is 3.46. The molecule has 0 aliphatic heterocycles. The minimum atomic E-state index is -0.651. The number of rotatable bonds is 15. The summed E-state index contributed by atoms with van der Waals surface area (Å²) in [5.74, 6) is 0.199. The molecule has 0 saturated carbocycles. The van der Waals surface area contributed by atoms with Crippen LogP contribution in [-0.4, -0.2) is 50.0 Å². The van der Waals surface area contributed by atoms with Crippen molar-refractivity contribution in [1.29, 1.82) is 0 Å². The van der Waals surface area contributed by atoms with E-state index in [0.29, 0.717) is 38.3 Å². The maximum absolute atomic E-state index is 13.1. The summed E-state index contributed by atoms with van der Waals surface area (Å²) in [5, 5.41) is 8.99. The normalized spacial score (nSPS) is 12.6. The average Bonchev–Trinajstić information content (AvgIpc) is 2.87. The fourth-order valence-corrected chi connectivity index (χ4v) is 3.92. The summed E-state index contributed by atoms with van der Waals surface area (Å²) in [4.78, 5) is 30.0. The molecule has 0 fully saturated rings. The van der Waals surface area contributed by atoms with Gasteiger partial charge in [0, 0.05) is 13.1 Å². The van der Waals surface area contributed by atoms with Crippen LogP contribution in [0.3, 0.4) is 0 Å². The summed E-state index contributed by atoms with van der Waals surface area (Å²) >= 11 is 0. The highest BCUT2D eigenvalue weighted by Gasteiger charge is 2.24. The number of likely N-dealkylation sites (N-methyl/N-ethyl adjacent to an activating group) is 1. The highest BCUT2D eigenvalue weighted by molar-refractivity contribution is 5.90. The van der Waals surface area contributed by atoms with Crippen LogP contribution in [0.4, 0.5) is 0 Å². The second kappa shape index (κ2) is 15.6. The fourth-order valence-electron chi connectivity index (χ4n) is 3.92. The molecule has 2 atom stereocenters. The number of carbonyl (C=O) groups excluding carboxylic acids is 2. The summed E-state index contributed by atoms with van der Waals surface area (Å²) in [7, 11) is 1.75. The molecule has 0 saturated heterocycles. The van der Waals surface area contributed by atoms with Crippen LogP contribution in [-0.2, 0) is 16.0 Å².